The number of carbonyl (C=O) groups excluding carboxylic acids is 1. The van der Waals surface area contributed by atoms with Gasteiger partial charge in [0, 0.05) is 0 Å². The van der Waals surface area contributed by atoms with Crippen LogP contribution in [0.4, 0.5) is 0 Å². The zero-order valence-electron chi connectivity index (χ0n) is 19.7. The Kier molecular flexibility index (Phi) is 6.93. The van der Waals surface area contributed by atoms with Gasteiger partial charge in [-0.15, -0.1) is 17.0 Å². The van der Waals surface area contributed by atoms with Gasteiger partial charge in [0.05, 0.1) is 0 Å². The van der Waals surface area contributed by atoms with Crippen LogP contribution in [0.2, 0.25) is 0 Å². The second-order valence-electron chi connectivity index (χ2n) is 8.51. The number of ether oxygens (including phenoxy) is 1. The molecule has 0 N–H and O–H groups in total. The van der Waals surface area contributed by atoms with E-state index < -0.39 is 6.60 Å². The molecular formula is C29H28BrN2O2P. The summed E-state index contributed by atoms with van der Waals surface area (Å²) in [7, 11) is 0. The van der Waals surface area contributed by atoms with Gasteiger partial charge < -0.3 is 0 Å². The van der Waals surface area contributed by atoms with E-state index >= 15 is 0 Å². The van der Waals surface area contributed by atoms with Gasteiger partial charge in [0.25, 0.3) is 0 Å². The summed E-state index contributed by atoms with van der Waals surface area (Å²) >= 11 is 0. The summed E-state index contributed by atoms with van der Waals surface area (Å²) < 4.78 is 7.47. The molecule has 2 aromatic heterocycles. The summed E-state index contributed by atoms with van der Waals surface area (Å²) in [6.45, 7) is 0.942. The van der Waals surface area contributed by atoms with Crippen molar-refractivity contribution in [3.63, 3.8) is 0 Å². The predicted molar refractivity (Wildman–Crippen MR) is 152 cm³/mol. The van der Waals surface area contributed by atoms with Crippen LogP contribution in [0.1, 0.15) is 17.4 Å². The Morgan fingerprint density at radius 3 is 1.69 bits per heavy atom. The van der Waals surface area contributed by atoms with E-state index in [1.165, 1.54) is 0 Å². The Morgan fingerprint density at radius 2 is 1.23 bits per heavy atom. The minimum atomic E-state index is -3.48. The minimum absolute atomic E-state index is 0. The van der Waals surface area contributed by atoms with Crippen molar-refractivity contribution in [1.82, 2.24) is 9.38 Å². The van der Waals surface area contributed by atoms with Crippen molar-refractivity contribution >= 4 is 56.5 Å². The molecular weight excluding hydrogens is 519 g/mol. The molecule has 4 nitrogen and oxygen atoms in total. The molecule has 0 aliphatic heterocycles. The van der Waals surface area contributed by atoms with Gasteiger partial charge in [0.2, 0.25) is 0 Å². The van der Waals surface area contributed by atoms with E-state index in [2.05, 4.69) is 79.5 Å². The molecule has 0 amide bonds. The average Bonchev–Trinajstić information content (AvgIpc) is 3.31. The number of rotatable bonds is 6. The van der Waals surface area contributed by atoms with Crippen molar-refractivity contribution in [1.29, 1.82) is 0 Å². The molecule has 0 radical (unpaired) electrons. The number of fused-ring (bicyclic) bond motifs is 1. The van der Waals surface area contributed by atoms with Gasteiger partial charge >= 0.3 is 200 Å². The van der Waals surface area contributed by atoms with E-state index in [9.17, 15) is 4.79 Å². The number of aromatic nitrogens is 2. The van der Waals surface area contributed by atoms with Crippen molar-refractivity contribution in [2.24, 2.45) is 0 Å². The van der Waals surface area contributed by atoms with Crippen LogP contribution in [0.15, 0.2) is 115 Å². The predicted octanol–water partition coefficient (Wildman–Crippen LogP) is 4.87. The normalized spacial score (nSPS) is 12.3. The van der Waals surface area contributed by atoms with E-state index in [1.54, 1.807) is 0 Å². The molecule has 178 valence electrons. The van der Waals surface area contributed by atoms with Crippen LogP contribution in [0, 0.1) is 0 Å². The second-order valence-corrected chi connectivity index (χ2v) is 13.6. The third-order valence-corrected chi connectivity index (χ3v) is 12.9. The number of nitrogens with zero attached hydrogens (tertiary/aromatic N) is 2. The number of hydrogen-bond acceptors (Lipinski definition) is 3. The fourth-order valence-corrected chi connectivity index (χ4v) is 10.4. The summed E-state index contributed by atoms with van der Waals surface area (Å²) in [6, 6.07) is 37.2. The summed E-state index contributed by atoms with van der Waals surface area (Å²) in [6.07, 6.45) is 1.89. The van der Waals surface area contributed by atoms with Crippen LogP contribution in [0.3, 0.4) is 0 Å². The van der Waals surface area contributed by atoms with Gasteiger partial charge in [0.1, 0.15) is 0 Å². The molecule has 0 fully saturated rings. The van der Waals surface area contributed by atoms with E-state index in [1.807, 2.05) is 53.9 Å². The quantitative estimate of drug-likeness (QED) is 0.225. The SMILES string of the molecule is Br.CCOC(=O)c1c(P(C)(c2ccccc2)(c2ccccc2)c2ccccc2)nc2ccccn12. The molecule has 0 saturated carbocycles. The molecule has 0 aliphatic carbocycles. The first kappa shape index (κ1) is 24.8. The van der Waals surface area contributed by atoms with Crippen LogP contribution in [-0.2, 0) is 4.74 Å². The number of esters is 1. The van der Waals surface area contributed by atoms with Crippen LogP contribution in [-0.4, -0.2) is 28.6 Å². The second kappa shape index (κ2) is 9.77. The molecule has 35 heavy (non-hydrogen) atoms. The number of imidazole rings is 1. The van der Waals surface area contributed by atoms with Crippen molar-refractivity contribution < 1.29 is 9.53 Å². The standard InChI is InChI=1S/C29H27N2O2P.BrH/c1-3-33-29(32)27-28(30-26-21-13-14-22-31(26)27)34(2,23-15-7-4-8-16-23,24-17-9-5-10-18-24)25-19-11-6-12-20-25;/h4-22H,3H2,1-2H3;1H. The Morgan fingerprint density at radius 1 is 0.771 bits per heavy atom. The molecule has 0 bridgehead atoms. The molecule has 5 rings (SSSR count). The summed E-state index contributed by atoms with van der Waals surface area (Å²) in [5.41, 5.74) is 1.97. The van der Waals surface area contributed by atoms with Gasteiger partial charge in [-0.25, -0.2) is 0 Å². The fraction of sp³-hybridized carbons (Fsp3) is 0.103. The fourth-order valence-electron chi connectivity index (χ4n) is 4.98. The first-order chi connectivity index (χ1) is 16.6. The number of pyridine rings is 1. The van der Waals surface area contributed by atoms with Crippen molar-refractivity contribution in [2.45, 2.75) is 6.92 Å². The molecule has 0 atom stereocenters. The van der Waals surface area contributed by atoms with E-state index in [4.69, 9.17) is 9.72 Å². The van der Waals surface area contributed by atoms with Gasteiger partial charge in [-0.3, -0.25) is 0 Å². The number of halogens is 1. The van der Waals surface area contributed by atoms with Gasteiger partial charge in [0.15, 0.2) is 0 Å². The third kappa shape index (κ3) is 3.71. The zero-order valence-corrected chi connectivity index (χ0v) is 22.4. The molecule has 3 aromatic carbocycles. The Hall–Kier alpha value is -3.27. The van der Waals surface area contributed by atoms with Crippen molar-refractivity contribution in [3.05, 3.63) is 121 Å². The summed E-state index contributed by atoms with van der Waals surface area (Å²) in [5, 5.41) is 3.42. The molecule has 0 spiro atoms. The first-order valence-corrected chi connectivity index (χ1v) is 14.1. The summed E-state index contributed by atoms with van der Waals surface area (Å²) in [5.74, 6) is -0.366. The Balaban J connectivity index is 0.00000289. The number of hydrogen-bond donors (Lipinski definition) is 0. The van der Waals surface area contributed by atoms with E-state index in [0.29, 0.717) is 12.3 Å². The monoisotopic (exact) mass is 546 g/mol. The van der Waals surface area contributed by atoms with Gasteiger partial charge in [-0.05, 0) is 0 Å². The number of carbonyl (C=O) groups is 1. The van der Waals surface area contributed by atoms with Crippen LogP contribution in [0.25, 0.3) is 5.65 Å². The van der Waals surface area contributed by atoms with Gasteiger partial charge in [-0.1, -0.05) is 0 Å². The molecule has 2 heterocycles. The zero-order chi connectivity index (χ0) is 23.6. The first-order valence-electron chi connectivity index (χ1n) is 11.4. The Bertz CT molecular complexity index is 1350. The van der Waals surface area contributed by atoms with Gasteiger partial charge in [-0.2, -0.15) is 0 Å². The van der Waals surface area contributed by atoms with Crippen LogP contribution >= 0.6 is 23.6 Å². The molecule has 0 saturated heterocycles. The molecule has 0 unspecified atom stereocenters. The average molecular weight is 547 g/mol. The van der Waals surface area contributed by atoms with Crippen molar-refractivity contribution in [2.75, 3.05) is 13.3 Å². The number of benzene rings is 3. The molecule has 5 aromatic rings. The maximum atomic E-state index is 13.6. The van der Waals surface area contributed by atoms with Crippen LogP contribution in [0.5, 0.6) is 0 Å². The third-order valence-electron chi connectivity index (χ3n) is 6.71. The van der Waals surface area contributed by atoms with Crippen molar-refractivity contribution in [3.8, 4) is 0 Å². The maximum absolute atomic E-state index is 13.6. The summed E-state index contributed by atoms with van der Waals surface area (Å²) in [4.78, 5) is 18.8. The Labute approximate surface area is 216 Å². The van der Waals surface area contributed by atoms with E-state index in [0.717, 1.165) is 27.0 Å². The van der Waals surface area contributed by atoms with E-state index in [-0.39, 0.29) is 23.0 Å². The molecule has 0 aliphatic rings. The van der Waals surface area contributed by atoms with Crippen LogP contribution < -0.4 is 21.3 Å². The molecule has 6 heteroatoms. The topological polar surface area (TPSA) is 43.6 Å².